The van der Waals surface area contributed by atoms with E-state index in [4.69, 9.17) is 4.98 Å². The van der Waals surface area contributed by atoms with Crippen molar-refractivity contribution < 1.29 is 9.90 Å². The van der Waals surface area contributed by atoms with Gasteiger partial charge in [-0.15, -0.1) is 12.4 Å². The quantitative estimate of drug-likeness (QED) is 0.390. The lowest BCUT2D eigenvalue weighted by Crippen LogP contribution is -2.32. The van der Waals surface area contributed by atoms with Crippen molar-refractivity contribution in [1.82, 2.24) is 25.2 Å². The number of carbonyl (C=O) groups excluding carboxylic acids is 1. The van der Waals surface area contributed by atoms with Crippen molar-refractivity contribution in [3.8, 4) is 22.4 Å². The molecule has 0 spiro atoms. The molecule has 2 aromatic carbocycles. The molecule has 5 rings (SSSR count). The standard InChI is InChI=1S/C27H29N5O2.ClH/c1-16-10-21(11-20-8-9-28-12-22(16)20)24-14-30-26-25(31-24)23(13-29-26)18-4-6-19(7-5-18)27(34)32(3)15-17(2)33;/h4-7,10-11,13-14,17,28,33H,8-9,12,15H2,1-3H3,(H,29,30);1H. The van der Waals surface area contributed by atoms with Gasteiger partial charge in [-0.3, -0.25) is 4.79 Å². The van der Waals surface area contributed by atoms with Crippen LogP contribution in [0.4, 0.5) is 0 Å². The van der Waals surface area contributed by atoms with E-state index in [9.17, 15) is 9.90 Å². The molecule has 0 radical (unpaired) electrons. The fourth-order valence-corrected chi connectivity index (χ4v) is 4.69. The van der Waals surface area contributed by atoms with Gasteiger partial charge in [-0.25, -0.2) is 9.97 Å². The molecule has 0 aliphatic carbocycles. The fraction of sp³-hybridized carbons (Fsp3) is 0.296. The van der Waals surface area contributed by atoms with Gasteiger partial charge in [-0.1, -0.05) is 12.1 Å². The summed E-state index contributed by atoms with van der Waals surface area (Å²) in [7, 11) is 1.69. The number of aliphatic hydroxyl groups excluding tert-OH is 1. The molecule has 1 aliphatic rings. The van der Waals surface area contributed by atoms with Crippen molar-refractivity contribution in [3.63, 3.8) is 0 Å². The zero-order valence-corrected chi connectivity index (χ0v) is 20.9. The minimum atomic E-state index is -0.567. The number of benzene rings is 2. The van der Waals surface area contributed by atoms with Gasteiger partial charge in [0, 0.05) is 43.0 Å². The number of aromatic nitrogens is 3. The maximum Gasteiger partial charge on any atom is 0.253 e. The number of nitrogens with one attached hydrogen (secondary N) is 2. The van der Waals surface area contributed by atoms with Crippen LogP contribution in [-0.4, -0.2) is 57.1 Å². The molecule has 0 bridgehead atoms. The first-order valence-electron chi connectivity index (χ1n) is 11.6. The molecule has 1 aliphatic heterocycles. The van der Waals surface area contributed by atoms with Crippen LogP contribution >= 0.6 is 12.4 Å². The predicted molar refractivity (Wildman–Crippen MR) is 141 cm³/mol. The number of aliphatic hydroxyl groups is 1. The van der Waals surface area contributed by atoms with E-state index in [1.807, 2.05) is 36.7 Å². The van der Waals surface area contributed by atoms with Gasteiger partial charge in [0.2, 0.25) is 0 Å². The Morgan fingerprint density at radius 2 is 1.97 bits per heavy atom. The Kier molecular flexibility index (Phi) is 7.21. The molecule has 2 aromatic heterocycles. The van der Waals surface area contributed by atoms with E-state index in [2.05, 4.69) is 34.3 Å². The number of carbonyl (C=O) groups is 1. The molecule has 1 amide bonds. The lowest BCUT2D eigenvalue weighted by Gasteiger charge is -2.20. The number of likely N-dealkylation sites (N-methyl/N-ethyl adjacent to an activating group) is 1. The molecular formula is C27H30ClN5O2. The van der Waals surface area contributed by atoms with Crippen molar-refractivity contribution in [2.24, 2.45) is 0 Å². The summed E-state index contributed by atoms with van der Waals surface area (Å²) in [6, 6.07) is 11.9. The highest BCUT2D eigenvalue weighted by atomic mass is 35.5. The topological polar surface area (TPSA) is 94.1 Å². The molecule has 35 heavy (non-hydrogen) atoms. The number of aromatic amines is 1. The highest BCUT2D eigenvalue weighted by molar-refractivity contribution is 5.96. The first-order chi connectivity index (χ1) is 16.4. The Morgan fingerprint density at radius 1 is 1.20 bits per heavy atom. The Labute approximate surface area is 211 Å². The van der Waals surface area contributed by atoms with Crippen LogP contribution in [0.2, 0.25) is 0 Å². The van der Waals surface area contributed by atoms with Crippen LogP contribution in [0, 0.1) is 6.92 Å². The van der Waals surface area contributed by atoms with Gasteiger partial charge in [0.05, 0.1) is 18.0 Å². The maximum atomic E-state index is 12.6. The van der Waals surface area contributed by atoms with Gasteiger partial charge < -0.3 is 20.3 Å². The molecule has 3 heterocycles. The molecule has 0 saturated carbocycles. The SMILES string of the molecule is Cc1cc(-c2cnc3[nH]cc(-c4ccc(C(=O)N(C)CC(C)O)cc4)c3n2)cc2c1CNCC2.Cl. The summed E-state index contributed by atoms with van der Waals surface area (Å²) in [5.74, 6) is -0.119. The Morgan fingerprint density at radius 3 is 2.71 bits per heavy atom. The molecule has 1 atom stereocenters. The summed E-state index contributed by atoms with van der Waals surface area (Å²) in [6.07, 6.45) is 4.19. The van der Waals surface area contributed by atoms with Gasteiger partial charge in [-0.05, 0) is 73.3 Å². The van der Waals surface area contributed by atoms with Gasteiger partial charge >= 0.3 is 0 Å². The lowest BCUT2D eigenvalue weighted by molar-refractivity contribution is 0.0703. The van der Waals surface area contributed by atoms with E-state index < -0.39 is 6.10 Å². The van der Waals surface area contributed by atoms with Gasteiger partial charge in [0.1, 0.15) is 5.52 Å². The van der Waals surface area contributed by atoms with Crippen molar-refractivity contribution in [1.29, 1.82) is 0 Å². The smallest absolute Gasteiger partial charge is 0.253 e. The second-order valence-electron chi connectivity index (χ2n) is 9.12. The predicted octanol–water partition coefficient (Wildman–Crippen LogP) is 4.12. The number of hydrogen-bond donors (Lipinski definition) is 3. The van der Waals surface area contributed by atoms with E-state index in [-0.39, 0.29) is 18.3 Å². The summed E-state index contributed by atoms with van der Waals surface area (Å²) in [5.41, 5.74) is 10.0. The number of rotatable bonds is 5. The summed E-state index contributed by atoms with van der Waals surface area (Å²) in [5, 5.41) is 13.0. The maximum absolute atomic E-state index is 12.6. The molecule has 7 nitrogen and oxygen atoms in total. The number of H-pyrrole nitrogens is 1. The van der Waals surface area contributed by atoms with Crippen molar-refractivity contribution in [3.05, 3.63) is 71.0 Å². The monoisotopic (exact) mass is 491 g/mol. The third-order valence-corrected chi connectivity index (χ3v) is 6.44. The Balaban J connectivity index is 0.00000289. The largest absolute Gasteiger partial charge is 0.392 e. The average Bonchev–Trinajstić information content (AvgIpc) is 3.26. The molecule has 0 fully saturated rings. The second kappa shape index (κ2) is 10.2. The Hall–Kier alpha value is -3.26. The number of hydrogen-bond acceptors (Lipinski definition) is 5. The van der Waals surface area contributed by atoms with E-state index in [1.54, 1.807) is 14.0 Å². The summed E-state index contributed by atoms with van der Waals surface area (Å²) in [6.45, 7) is 6.03. The first-order valence-corrected chi connectivity index (χ1v) is 11.6. The number of aryl methyl sites for hydroxylation is 1. The van der Waals surface area contributed by atoms with Crippen molar-refractivity contribution in [2.45, 2.75) is 32.9 Å². The first kappa shape index (κ1) is 24.9. The summed E-state index contributed by atoms with van der Waals surface area (Å²) < 4.78 is 0. The van der Waals surface area contributed by atoms with Crippen molar-refractivity contribution in [2.75, 3.05) is 20.1 Å². The van der Waals surface area contributed by atoms with Crippen LogP contribution in [0.15, 0.2) is 48.8 Å². The van der Waals surface area contributed by atoms with Crippen LogP contribution in [-0.2, 0) is 13.0 Å². The highest BCUT2D eigenvalue weighted by Crippen LogP contribution is 2.31. The number of fused-ring (bicyclic) bond motifs is 2. The normalized spacial score (nSPS) is 13.7. The fourth-order valence-electron chi connectivity index (χ4n) is 4.69. The average molecular weight is 492 g/mol. The molecule has 8 heteroatoms. The van der Waals surface area contributed by atoms with E-state index in [1.165, 1.54) is 21.6 Å². The van der Waals surface area contributed by atoms with Crippen LogP contribution in [0.25, 0.3) is 33.5 Å². The zero-order chi connectivity index (χ0) is 23.8. The molecule has 182 valence electrons. The third kappa shape index (κ3) is 4.93. The summed E-state index contributed by atoms with van der Waals surface area (Å²) >= 11 is 0. The van der Waals surface area contributed by atoms with Gasteiger partial charge in [0.15, 0.2) is 5.65 Å². The van der Waals surface area contributed by atoms with E-state index in [0.717, 1.165) is 53.1 Å². The van der Waals surface area contributed by atoms with E-state index in [0.29, 0.717) is 12.1 Å². The molecule has 3 N–H and O–H groups in total. The second-order valence-corrected chi connectivity index (χ2v) is 9.12. The number of halogens is 1. The van der Waals surface area contributed by atoms with Crippen molar-refractivity contribution >= 4 is 29.5 Å². The minimum Gasteiger partial charge on any atom is -0.392 e. The Bertz CT molecular complexity index is 1360. The zero-order valence-electron chi connectivity index (χ0n) is 20.1. The third-order valence-electron chi connectivity index (χ3n) is 6.44. The highest BCUT2D eigenvalue weighted by Gasteiger charge is 2.17. The van der Waals surface area contributed by atoms with E-state index >= 15 is 0 Å². The molecule has 0 saturated heterocycles. The van der Waals surface area contributed by atoms with Crippen LogP contribution in [0.1, 0.15) is 34.0 Å². The molecular weight excluding hydrogens is 462 g/mol. The van der Waals surface area contributed by atoms with Crippen LogP contribution in [0.5, 0.6) is 0 Å². The van der Waals surface area contributed by atoms with Gasteiger partial charge in [0.25, 0.3) is 5.91 Å². The molecule has 4 aromatic rings. The van der Waals surface area contributed by atoms with Crippen LogP contribution in [0.3, 0.4) is 0 Å². The van der Waals surface area contributed by atoms with Crippen LogP contribution < -0.4 is 5.32 Å². The van der Waals surface area contributed by atoms with Gasteiger partial charge in [-0.2, -0.15) is 0 Å². The number of nitrogens with zero attached hydrogens (tertiary/aromatic N) is 3. The summed E-state index contributed by atoms with van der Waals surface area (Å²) in [4.78, 5) is 27.0. The number of amides is 1. The lowest BCUT2D eigenvalue weighted by atomic mass is 9.93. The molecule has 1 unspecified atom stereocenters. The minimum absolute atomic E-state index is 0.